The fourth-order valence-corrected chi connectivity index (χ4v) is 3.89. The van der Waals surface area contributed by atoms with Gasteiger partial charge in [-0.2, -0.15) is 0 Å². The summed E-state index contributed by atoms with van der Waals surface area (Å²) in [4.78, 5) is 27.0. The molecule has 2 aliphatic rings. The number of rotatable bonds is 8. The van der Waals surface area contributed by atoms with Crippen LogP contribution in [-0.4, -0.2) is 57.1 Å². The fourth-order valence-electron chi connectivity index (χ4n) is 3.89. The average molecular weight is 427 g/mol. The van der Waals surface area contributed by atoms with E-state index < -0.39 is 0 Å². The third kappa shape index (κ3) is 5.53. The van der Waals surface area contributed by atoms with Crippen LogP contribution in [0, 0.1) is 0 Å². The minimum Gasteiger partial charge on any atom is -0.492 e. The summed E-state index contributed by atoms with van der Waals surface area (Å²) in [6.07, 6.45) is 7.55. The third-order valence-electron chi connectivity index (χ3n) is 5.69. The average Bonchev–Trinajstić information content (AvgIpc) is 3.46. The number of carbonyl (C=O) groups excluding carboxylic acids is 2. The highest BCUT2D eigenvalue weighted by atomic mass is 16.5. The van der Waals surface area contributed by atoms with Crippen molar-refractivity contribution in [3.8, 4) is 5.75 Å². The van der Waals surface area contributed by atoms with Crippen molar-refractivity contribution < 1.29 is 14.3 Å². The Morgan fingerprint density at radius 2 is 2.03 bits per heavy atom. The van der Waals surface area contributed by atoms with Crippen molar-refractivity contribution in [1.82, 2.24) is 25.2 Å². The first kappa shape index (κ1) is 21.1. The van der Waals surface area contributed by atoms with Gasteiger partial charge in [0.1, 0.15) is 5.75 Å². The van der Waals surface area contributed by atoms with Gasteiger partial charge in [0.25, 0.3) is 5.91 Å². The van der Waals surface area contributed by atoms with E-state index >= 15 is 0 Å². The quantitative estimate of drug-likeness (QED) is 0.676. The maximum Gasteiger partial charge on any atom is 0.322 e. The Morgan fingerprint density at radius 3 is 2.84 bits per heavy atom. The van der Waals surface area contributed by atoms with E-state index in [4.69, 9.17) is 4.74 Å². The zero-order valence-electron chi connectivity index (χ0n) is 17.9. The molecule has 1 aliphatic heterocycles. The predicted octanol–water partition coefficient (Wildman–Crippen LogP) is 3.05. The number of amides is 3. The number of aryl methyl sites for hydroxylation is 1. The summed E-state index contributed by atoms with van der Waals surface area (Å²) < 4.78 is 7.31. The number of hydrogen-bond donors (Lipinski definition) is 2. The topological polar surface area (TPSA) is 101 Å². The Bertz CT molecular complexity index is 910. The van der Waals surface area contributed by atoms with E-state index in [2.05, 4.69) is 20.9 Å². The molecule has 1 aliphatic carbocycles. The number of para-hydroxylation sites is 2. The molecule has 2 aromatic rings. The molecule has 4 rings (SSSR count). The minimum atomic E-state index is -0.166. The Kier molecular flexibility index (Phi) is 6.69. The Hall–Kier alpha value is -3.10. The number of carbonyl (C=O) groups is 2. The summed E-state index contributed by atoms with van der Waals surface area (Å²) in [5, 5.41) is 14.0. The molecule has 1 saturated carbocycles. The van der Waals surface area contributed by atoms with Crippen LogP contribution in [0.1, 0.15) is 55.9 Å². The Morgan fingerprint density at radius 1 is 1.19 bits per heavy atom. The number of anilines is 1. The van der Waals surface area contributed by atoms with E-state index in [1.165, 1.54) is 0 Å². The van der Waals surface area contributed by atoms with E-state index in [-0.39, 0.29) is 18.0 Å². The second-order valence-electron chi connectivity index (χ2n) is 8.11. The van der Waals surface area contributed by atoms with Gasteiger partial charge in [-0.15, -0.1) is 5.10 Å². The molecule has 2 heterocycles. The van der Waals surface area contributed by atoms with Crippen molar-refractivity contribution >= 4 is 17.6 Å². The highest BCUT2D eigenvalue weighted by molar-refractivity contribution is 5.92. The molecular formula is C22H30N6O3. The first-order valence-electron chi connectivity index (χ1n) is 11.1. The van der Waals surface area contributed by atoms with Crippen LogP contribution in [0.2, 0.25) is 0 Å². The van der Waals surface area contributed by atoms with E-state index in [0.29, 0.717) is 36.3 Å². The van der Waals surface area contributed by atoms with Gasteiger partial charge in [0.15, 0.2) is 5.69 Å². The zero-order chi connectivity index (χ0) is 21.6. The van der Waals surface area contributed by atoms with Gasteiger partial charge >= 0.3 is 6.03 Å². The van der Waals surface area contributed by atoms with Crippen LogP contribution in [0.4, 0.5) is 10.5 Å². The Balaban J connectivity index is 1.35. The summed E-state index contributed by atoms with van der Waals surface area (Å²) in [7, 11) is 0. The van der Waals surface area contributed by atoms with Gasteiger partial charge in [-0.25, -0.2) is 4.79 Å². The van der Waals surface area contributed by atoms with Crippen molar-refractivity contribution in [2.24, 2.45) is 0 Å². The van der Waals surface area contributed by atoms with Gasteiger partial charge in [-0.05, 0) is 57.6 Å². The summed E-state index contributed by atoms with van der Waals surface area (Å²) >= 11 is 0. The second-order valence-corrected chi connectivity index (χ2v) is 8.11. The molecule has 2 N–H and O–H groups in total. The third-order valence-corrected chi connectivity index (χ3v) is 5.69. The molecule has 1 atom stereocenters. The van der Waals surface area contributed by atoms with Crippen LogP contribution in [-0.2, 0) is 6.54 Å². The van der Waals surface area contributed by atoms with E-state index in [1.54, 1.807) is 10.9 Å². The van der Waals surface area contributed by atoms with Gasteiger partial charge in [-0.1, -0.05) is 17.3 Å². The fraction of sp³-hybridized carbons (Fsp3) is 0.545. The smallest absolute Gasteiger partial charge is 0.322 e. The van der Waals surface area contributed by atoms with Crippen LogP contribution in [0.15, 0.2) is 30.5 Å². The van der Waals surface area contributed by atoms with Crippen molar-refractivity contribution in [1.29, 1.82) is 0 Å². The van der Waals surface area contributed by atoms with Crippen molar-refractivity contribution in [3.05, 3.63) is 36.2 Å². The van der Waals surface area contributed by atoms with Gasteiger partial charge < -0.3 is 20.3 Å². The SMILES string of the molecule is CCOc1ccccc1NC(=O)N1CCCCC1CCn1cc(C(=O)NC2CC2)nn1. The molecule has 31 heavy (non-hydrogen) atoms. The summed E-state index contributed by atoms with van der Waals surface area (Å²) in [5.74, 6) is 0.506. The number of aromatic nitrogens is 3. The first-order chi connectivity index (χ1) is 15.1. The summed E-state index contributed by atoms with van der Waals surface area (Å²) in [5.41, 5.74) is 1.03. The van der Waals surface area contributed by atoms with E-state index in [0.717, 1.165) is 45.1 Å². The van der Waals surface area contributed by atoms with Gasteiger partial charge in [-0.3, -0.25) is 9.48 Å². The molecule has 3 amide bonds. The number of piperidine rings is 1. The van der Waals surface area contributed by atoms with Crippen molar-refractivity contribution in [2.45, 2.75) is 64.1 Å². The second kappa shape index (κ2) is 9.80. The molecule has 0 bridgehead atoms. The lowest BCUT2D eigenvalue weighted by molar-refractivity contribution is 0.0946. The highest BCUT2D eigenvalue weighted by Gasteiger charge is 2.28. The van der Waals surface area contributed by atoms with Crippen LogP contribution < -0.4 is 15.4 Å². The number of hydrogen-bond acceptors (Lipinski definition) is 5. The van der Waals surface area contributed by atoms with Crippen LogP contribution >= 0.6 is 0 Å². The standard InChI is InChI=1S/C22H30N6O3/c1-2-31-20-9-4-3-8-18(20)24-22(30)28-13-6-5-7-17(28)12-14-27-15-19(25-26-27)21(29)23-16-10-11-16/h3-4,8-9,15-17H,2,5-7,10-14H2,1H3,(H,23,29)(H,24,30). The normalized spacial score (nSPS) is 18.5. The number of nitrogens with zero attached hydrogens (tertiary/aromatic N) is 4. The molecule has 9 heteroatoms. The highest BCUT2D eigenvalue weighted by Crippen LogP contribution is 2.26. The van der Waals surface area contributed by atoms with Crippen LogP contribution in [0.3, 0.4) is 0 Å². The van der Waals surface area contributed by atoms with Crippen molar-refractivity contribution in [2.75, 3.05) is 18.5 Å². The monoisotopic (exact) mass is 426 g/mol. The molecule has 1 unspecified atom stereocenters. The van der Waals surface area contributed by atoms with Crippen LogP contribution in [0.5, 0.6) is 5.75 Å². The molecule has 1 saturated heterocycles. The molecule has 0 radical (unpaired) electrons. The summed E-state index contributed by atoms with van der Waals surface area (Å²) in [6, 6.07) is 7.77. The molecule has 2 fully saturated rings. The largest absolute Gasteiger partial charge is 0.492 e. The first-order valence-corrected chi connectivity index (χ1v) is 11.1. The number of benzene rings is 1. The van der Waals surface area contributed by atoms with E-state index in [9.17, 15) is 9.59 Å². The lowest BCUT2D eigenvalue weighted by Gasteiger charge is -2.35. The van der Waals surface area contributed by atoms with E-state index in [1.807, 2.05) is 36.1 Å². The Labute approximate surface area is 182 Å². The molecule has 1 aromatic carbocycles. The lowest BCUT2D eigenvalue weighted by atomic mass is 10.00. The maximum absolute atomic E-state index is 13.0. The maximum atomic E-state index is 13.0. The molecular weight excluding hydrogens is 396 g/mol. The van der Waals surface area contributed by atoms with Gasteiger partial charge in [0, 0.05) is 25.2 Å². The lowest BCUT2D eigenvalue weighted by Crippen LogP contribution is -2.46. The van der Waals surface area contributed by atoms with Crippen LogP contribution in [0.25, 0.3) is 0 Å². The van der Waals surface area contributed by atoms with Crippen molar-refractivity contribution in [3.63, 3.8) is 0 Å². The number of ether oxygens (including phenoxy) is 1. The van der Waals surface area contributed by atoms with Gasteiger partial charge in [0.2, 0.25) is 0 Å². The molecule has 1 aromatic heterocycles. The predicted molar refractivity (Wildman–Crippen MR) is 116 cm³/mol. The number of urea groups is 1. The number of nitrogens with one attached hydrogen (secondary N) is 2. The molecule has 166 valence electrons. The zero-order valence-corrected chi connectivity index (χ0v) is 17.9. The summed E-state index contributed by atoms with van der Waals surface area (Å²) in [6.45, 7) is 3.79. The van der Waals surface area contributed by atoms with Gasteiger partial charge in [0.05, 0.1) is 18.5 Å². The minimum absolute atomic E-state index is 0.111. The number of likely N-dealkylation sites (tertiary alicyclic amines) is 1. The molecule has 0 spiro atoms. The molecule has 9 nitrogen and oxygen atoms in total.